The van der Waals surface area contributed by atoms with Crippen LogP contribution >= 0.6 is 0 Å². The molecular weight excluding hydrogens is 250 g/mol. The normalized spacial score (nSPS) is 15.9. The number of hydrogen-bond donors (Lipinski definition) is 2. The molecule has 1 aliphatic rings. The minimum absolute atomic E-state index is 0.0760. The molecule has 1 amide bonds. The quantitative estimate of drug-likeness (QED) is 0.829. The van der Waals surface area contributed by atoms with Crippen molar-refractivity contribution in [1.29, 1.82) is 0 Å². The van der Waals surface area contributed by atoms with Crippen molar-refractivity contribution in [1.82, 2.24) is 5.32 Å². The highest BCUT2D eigenvalue weighted by Gasteiger charge is 2.30. The molecule has 0 saturated carbocycles. The second-order valence-corrected chi connectivity index (χ2v) is 6.19. The van der Waals surface area contributed by atoms with E-state index in [-0.39, 0.29) is 17.5 Å². The van der Waals surface area contributed by atoms with E-state index in [9.17, 15) is 4.79 Å². The molecule has 3 N–H and O–H groups in total. The van der Waals surface area contributed by atoms with Gasteiger partial charge in [0.15, 0.2) is 0 Å². The van der Waals surface area contributed by atoms with Crippen LogP contribution in [0.1, 0.15) is 39.7 Å². The molecule has 0 bridgehead atoms. The highest BCUT2D eigenvalue weighted by atomic mass is 16.2. The number of nitrogen functional groups attached to an aromatic ring is 1. The second-order valence-electron chi connectivity index (χ2n) is 6.19. The summed E-state index contributed by atoms with van der Waals surface area (Å²) in [7, 11) is 0. The van der Waals surface area contributed by atoms with Crippen LogP contribution in [0.15, 0.2) is 18.2 Å². The van der Waals surface area contributed by atoms with Crippen molar-refractivity contribution in [3.05, 3.63) is 23.8 Å². The lowest BCUT2D eigenvalue weighted by molar-refractivity contribution is -0.123. The number of nitrogens with zero attached hydrogens (tertiary/aromatic N) is 1. The molecule has 1 unspecified atom stereocenters. The maximum absolute atomic E-state index is 12.4. The zero-order chi connectivity index (χ0) is 14.9. The van der Waals surface area contributed by atoms with Gasteiger partial charge in [-0.15, -0.1) is 0 Å². The zero-order valence-electron chi connectivity index (χ0n) is 12.9. The highest BCUT2D eigenvalue weighted by molar-refractivity contribution is 5.87. The molecule has 4 heteroatoms. The first-order chi connectivity index (χ1) is 9.35. The monoisotopic (exact) mass is 275 g/mol. The van der Waals surface area contributed by atoms with Gasteiger partial charge in [0.05, 0.1) is 0 Å². The van der Waals surface area contributed by atoms with Crippen LogP contribution in [-0.4, -0.2) is 24.0 Å². The molecule has 0 spiro atoms. The molecule has 0 saturated heterocycles. The Bertz CT molecular complexity index is 510. The molecule has 20 heavy (non-hydrogen) atoms. The molecule has 4 nitrogen and oxygen atoms in total. The number of anilines is 2. The predicted molar refractivity (Wildman–Crippen MR) is 83.9 cm³/mol. The summed E-state index contributed by atoms with van der Waals surface area (Å²) in [4.78, 5) is 14.6. The summed E-state index contributed by atoms with van der Waals surface area (Å²) in [5.74, 6) is 0.0760. The second kappa shape index (κ2) is 5.35. The van der Waals surface area contributed by atoms with Gasteiger partial charge in [0, 0.05) is 29.0 Å². The van der Waals surface area contributed by atoms with Gasteiger partial charge in [0.25, 0.3) is 0 Å². The van der Waals surface area contributed by atoms with Crippen LogP contribution in [-0.2, 0) is 11.2 Å². The summed E-state index contributed by atoms with van der Waals surface area (Å²) in [5.41, 5.74) is 8.94. The minimum Gasteiger partial charge on any atom is -0.398 e. The number of nitrogens with two attached hydrogens (primary N) is 1. The van der Waals surface area contributed by atoms with Gasteiger partial charge in [-0.2, -0.15) is 0 Å². The Balaban J connectivity index is 2.15. The number of carbonyl (C=O) groups excluding carboxylic acids is 1. The molecule has 110 valence electrons. The molecule has 0 aromatic heterocycles. The summed E-state index contributed by atoms with van der Waals surface area (Å²) in [6.45, 7) is 8.99. The van der Waals surface area contributed by atoms with E-state index in [0.29, 0.717) is 0 Å². The molecule has 1 atom stereocenters. The number of amides is 1. The number of hydrogen-bond acceptors (Lipinski definition) is 3. The van der Waals surface area contributed by atoms with E-state index in [2.05, 4.69) is 17.1 Å². The SMILES string of the molecule is CCC(C)(C)NC(=O)C(C)N1CCc2c(N)cccc21. The maximum Gasteiger partial charge on any atom is 0.242 e. The number of benzene rings is 1. The van der Waals surface area contributed by atoms with Gasteiger partial charge >= 0.3 is 0 Å². The van der Waals surface area contributed by atoms with Crippen LogP contribution in [0.4, 0.5) is 11.4 Å². The van der Waals surface area contributed by atoms with Gasteiger partial charge in [0.2, 0.25) is 5.91 Å². The van der Waals surface area contributed by atoms with E-state index in [1.165, 1.54) is 5.56 Å². The van der Waals surface area contributed by atoms with Crippen LogP contribution in [0.25, 0.3) is 0 Å². The lowest BCUT2D eigenvalue weighted by atomic mass is 10.0. The molecule has 0 aliphatic carbocycles. The largest absolute Gasteiger partial charge is 0.398 e. The molecule has 0 fully saturated rings. The van der Waals surface area contributed by atoms with Crippen LogP contribution in [0, 0.1) is 0 Å². The van der Waals surface area contributed by atoms with Gasteiger partial charge in [-0.1, -0.05) is 13.0 Å². The molecule has 1 heterocycles. The van der Waals surface area contributed by atoms with Crippen molar-refractivity contribution >= 4 is 17.3 Å². The van der Waals surface area contributed by atoms with Crippen molar-refractivity contribution in [2.45, 2.75) is 52.1 Å². The fourth-order valence-electron chi connectivity index (χ4n) is 2.56. The van der Waals surface area contributed by atoms with Crippen molar-refractivity contribution in [3.8, 4) is 0 Å². The molecular formula is C16H25N3O. The number of fused-ring (bicyclic) bond motifs is 1. The fraction of sp³-hybridized carbons (Fsp3) is 0.562. The van der Waals surface area contributed by atoms with Crippen molar-refractivity contribution < 1.29 is 4.79 Å². The Morgan fingerprint density at radius 2 is 2.20 bits per heavy atom. The Hall–Kier alpha value is -1.71. The van der Waals surface area contributed by atoms with E-state index in [0.717, 1.165) is 30.8 Å². The van der Waals surface area contributed by atoms with Crippen LogP contribution < -0.4 is 16.0 Å². The number of carbonyl (C=O) groups is 1. The van der Waals surface area contributed by atoms with E-state index >= 15 is 0 Å². The lowest BCUT2D eigenvalue weighted by Crippen LogP contribution is -2.51. The maximum atomic E-state index is 12.4. The minimum atomic E-state index is -0.177. The molecule has 1 aliphatic heterocycles. The molecule has 1 aromatic carbocycles. The first-order valence-electron chi connectivity index (χ1n) is 7.32. The average Bonchev–Trinajstić information content (AvgIpc) is 2.82. The van der Waals surface area contributed by atoms with E-state index < -0.39 is 0 Å². The predicted octanol–water partition coefficient (Wildman–Crippen LogP) is 2.32. The van der Waals surface area contributed by atoms with E-state index in [1.807, 2.05) is 39.0 Å². The zero-order valence-corrected chi connectivity index (χ0v) is 12.9. The first-order valence-corrected chi connectivity index (χ1v) is 7.32. The van der Waals surface area contributed by atoms with Crippen LogP contribution in [0.2, 0.25) is 0 Å². The average molecular weight is 275 g/mol. The smallest absolute Gasteiger partial charge is 0.242 e. The Morgan fingerprint density at radius 3 is 2.85 bits per heavy atom. The summed E-state index contributed by atoms with van der Waals surface area (Å²) in [6.07, 6.45) is 1.83. The van der Waals surface area contributed by atoms with Crippen molar-refractivity contribution in [2.75, 3.05) is 17.2 Å². The molecule has 0 radical (unpaired) electrons. The third-order valence-corrected chi connectivity index (χ3v) is 4.29. The Morgan fingerprint density at radius 1 is 1.50 bits per heavy atom. The Labute approximate surface area is 121 Å². The van der Waals surface area contributed by atoms with Crippen LogP contribution in [0.5, 0.6) is 0 Å². The van der Waals surface area contributed by atoms with E-state index in [4.69, 9.17) is 5.73 Å². The molecule has 2 rings (SSSR count). The van der Waals surface area contributed by atoms with E-state index in [1.54, 1.807) is 0 Å². The van der Waals surface area contributed by atoms with Crippen LogP contribution in [0.3, 0.4) is 0 Å². The van der Waals surface area contributed by atoms with Gasteiger partial charge in [-0.3, -0.25) is 4.79 Å². The van der Waals surface area contributed by atoms with Gasteiger partial charge < -0.3 is 16.0 Å². The highest BCUT2D eigenvalue weighted by Crippen LogP contribution is 2.33. The first kappa shape index (κ1) is 14.7. The number of rotatable bonds is 4. The summed E-state index contributed by atoms with van der Waals surface area (Å²) < 4.78 is 0. The summed E-state index contributed by atoms with van der Waals surface area (Å²) in [5, 5.41) is 3.12. The third kappa shape index (κ3) is 2.74. The van der Waals surface area contributed by atoms with Gasteiger partial charge in [-0.25, -0.2) is 0 Å². The molecule has 1 aromatic rings. The van der Waals surface area contributed by atoms with Gasteiger partial charge in [-0.05, 0) is 45.7 Å². The van der Waals surface area contributed by atoms with Crippen molar-refractivity contribution in [2.24, 2.45) is 0 Å². The third-order valence-electron chi connectivity index (χ3n) is 4.29. The lowest BCUT2D eigenvalue weighted by Gasteiger charge is -2.31. The van der Waals surface area contributed by atoms with Crippen molar-refractivity contribution in [3.63, 3.8) is 0 Å². The van der Waals surface area contributed by atoms with Gasteiger partial charge in [0.1, 0.15) is 6.04 Å². The fourth-order valence-corrected chi connectivity index (χ4v) is 2.56. The summed E-state index contributed by atoms with van der Waals surface area (Å²) >= 11 is 0. The Kier molecular flexibility index (Phi) is 3.93. The summed E-state index contributed by atoms with van der Waals surface area (Å²) in [6, 6.07) is 5.75. The standard InChI is InChI=1S/C16H25N3O/c1-5-16(3,4)18-15(20)11(2)19-10-9-12-13(17)7-6-8-14(12)19/h6-8,11H,5,9-10,17H2,1-4H3,(H,18,20). The number of nitrogens with one attached hydrogen (secondary N) is 1. The topological polar surface area (TPSA) is 58.4 Å².